The van der Waals surface area contributed by atoms with E-state index in [0.29, 0.717) is 30.1 Å². The van der Waals surface area contributed by atoms with Crippen molar-refractivity contribution >= 4 is 11.6 Å². The maximum Gasteiger partial charge on any atom is 0.221 e. The second-order valence-electron chi connectivity index (χ2n) is 3.58. The zero-order valence-corrected chi connectivity index (χ0v) is 10.8. The minimum Gasteiger partial charge on any atom is -0.472 e. The van der Waals surface area contributed by atoms with Gasteiger partial charge in [-0.3, -0.25) is 0 Å². The molecular formula is C11H17ClN2O2. The van der Waals surface area contributed by atoms with Gasteiger partial charge in [-0.25, -0.2) is 4.98 Å². The van der Waals surface area contributed by atoms with Crippen molar-refractivity contribution in [3.63, 3.8) is 0 Å². The van der Waals surface area contributed by atoms with Crippen molar-refractivity contribution < 1.29 is 9.47 Å². The van der Waals surface area contributed by atoms with E-state index in [1.165, 1.54) is 0 Å². The molecule has 0 bridgehead atoms. The van der Waals surface area contributed by atoms with Crippen LogP contribution in [0, 0.1) is 13.8 Å². The van der Waals surface area contributed by atoms with Crippen molar-refractivity contribution in [2.24, 2.45) is 0 Å². The van der Waals surface area contributed by atoms with E-state index in [1.54, 1.807) is 6.92 Å². The molecule has 1 rings (SSSR count). The van der Waals surface area contributed by atoms with Crippen LogP contribution in [0.25, 0.3) is 0 Å². The molecule has 0 aromatic carbocycles. The van der Waals surface area contributed by atoms with Gasteiger partial charge in [0.15, 0.2) is 0 Å². The van der Waals surface area contributed by atoms with Crippen LogP contribution in [-0.2, 0) is 4.74 Å². The van der Waals surface area contributed by atoms with Gasteiger partial charge in [0.05, 0.1) is 6.61 Å². The normalized spacial score (nSPS) is 12.6. The highest BCUT2D eigenvalue weighted by Crippen LogP contribution is 2.22. The number of aromatic nitrogens is 2. The van der Waals surface area contributed by atoms with Gasteiger partial charge in [-0.05, 0) is 27.7 Å². The minimum atomic E-state index is -0.0518. The van der Waals surface area contributed by atoms with Gasteiger partial charge in [0.1, 0.15) is 17.1 Å². The molecule has 4 nitrogen and oxygen atoms in total. The Balaban J connectivity index is 2.72. The van der Waals surface area contributed by atoms with E-state index in [2.05, 4.69) is 9.97 Å². The standard InChI is InChI=1S/C11H17ClN2O2/c1-5-15-6-7(2)16-11-8(3)10(12)13-9(4)14-11/h7H,5-6H2,1-4H3. The van der Waals surface area contributed by atoms with Crippen LogP contribution in [0.3, 0.4) is 0 Å². The van der Waals surface area contributed by atoms with E-state index in [9.17, 15) is 0 Å². The summed E-state index contributed by atoms with van der Waals surface area (Å²) in [4.78, 5) is 8.25. The first kappa shape index (κ1) is 13.2. The molecule has 0 fully saturated rings. The maximum atomic E-state index is 5.94. The summed E-state index contributed by atoms with van der Waals surface area (Å²) in [6.07, 6.45) is -0.0518. The second kappa shape index (κ2) is 6.01. The summed E-state index contributed by atoms with van der Waals surface area (Å²) in [6, 6.07) is 0. The zero-order chi connectivity index (χ0) is 12.1. The average molecular weight is 245 g/mol. The smallest absolute Gasteiger partial charge is 0.221 e. The molecule has 1 atom stereocenters. The third-order valence-electron chi connectivity index (χ3n) is 2.02. The fourth-order valence-corrected chi connectivity index (χ4v) is 1.40. The summed E-state index contributed by atoms with van der Waals surface area (Å²) in [5.74, 6) is 1.14. The highest BCUT2D eigenvalue weighted by atomic mass is 35.5. The predicted octanol–water partition coefficient (Wildman–Crippen LogP) is 2.55. The average Bonchev–Trinajstić information content (AvgIpc) is 2.22. The van der Waals surface area contributed by atoms with Gasteiger partial charge in [0.25, 0.3) is 0 Å². The molecule has 1 unspecified atom stereocenters. The van der Waals surface area contributed by atoms with Crippen molar-refractivity contribution in [3.05, 3.63) is 16.5 Å². The number of nitrogens with zero attached hydrogens (tertiary/aromatic N) is 2. The lowest BCUT2D eigenvalue weighted by atomic mass is 10.3. The third-order valence-corrected chi connectivity index (χ3v) is 2.39. The number of hydrogen-bond acceptors (Lipinski definition) is 4. The maximum absolute atomic E-state index is 5.94. The minimum absolute atomic E-state index is 0.0518. The number of hydrogen-bond donors (Lipinski definition) is 0. The van der Waals surface area contributed by atoms with E-state index >= 15 is 0 Å². The Labute approximate surface area is 101 Å². The molecule has 0 amide bonds. The van der Waals surface area contributed by atoms with Crippen molar-refractivity contribution in [2.45, 2.75) is 33.8 Å². The largest absolute Gasteiger partial charge is 0.472 e. The molecule has 0 saturated carbocycles. The monoisotopic (exact) mass is 244 g/mol. The second-order valence-corrected chi connectivity index (χ2v) is 3.94. The van der Waals surface area contributed by atoms with Gasteiger partial charge in [-0.2, -0.15) is 4.98 Å². The highest BCUT2D eigenvalue weighted by molar-refractivity contribution is 6.30. The van der Waals surface area contributed by atoms with Gasteiger partial charge < -0.3 is 9.47 Å². The van der Waals surface area contributed by atoms with E-state index in [4.69, 9.17) is 21.1 Å². The fraction of sp³-hybridized carbons (Fsp3) is 0.636. The lowest BCUT2D eigenvalue weighted by Crippen LogP contribution is -2.20. The molecule has 0 aliphatic carbocycles. The van der Waals surface area contributed by atoms with Gasteiger partial charge in [-0.1, -0.05) is 11.6 Å². The van der Waals surface area contributed by atoms with Gasteiger partial charge >= 0.3 is 0 Å². The summed E-state index contributed by atoms with van der Waals surface area (Å²) in [6.45, 7) is 8.72. The summed E-state index contributed by atoms with van der Waals surface area (Å²) < 4.78 is 10.9. The third kappa shape index (κ3) is 3.61. The van der Waals surface area contributed by atoms with Crippen LogP contribution in [0.1, 0.15) is 25.2 Å². The summed E-state index contributed by atoms with van der Waals surface area (Å²) in [7, 11) is 0. The van der Waals surface area contributed by atoms with Crippen molar-refractivity contribution in [1.29, 1.82) is 0 Å². The molecule has 0 aliphatic heterocycles. The Morgan fingerprint density at radius 2 is 2.00 bits per heavy atom. The van der Waals surface area contributed by atoms with Crippen LogP contribution in [0.15, 0.2) is 0 Å². The molecule has 0 N–H and O–H groups in total. The van der Waals surface area contributed by atoms with Gasteiger partial charge in [0, 0.05) is 12.2 Å². The van der Waals surface area contributed by atoms with E-state index in [1.807, 2.05) is 20.8 Å². The van der Waals surface area contributed by atoms with Crippen LogP contribution in [0.5, 0.6) is 5.88 Å². The molecule has 1 aromatic heterocycles. The number of rotatable bonds is 5. The number of ether oxygens (including phenoxy) is 2. The van der Waals surface area contributed by atoms with Crippen molar-refractivity contribution in [1.82, 2.24) is 9.97 Å². The van der Waals surface area contributed by atoms with E-state index in [0.717, 1.165) is 5.56 Å². The first-order chi connectivity index (χ1) is 7.54. The molecule has 0 radical (unpaired) electrons. The fourth-order valence-electron chi connectivity index (χ4n) is 1.19. The predicted molar refractivity (Wildman–Crippen MR) is 63.1 cm³/mol. The molecule has 1 aromatic rings. The Bertz CT molecular complexity index is 358. The summed E-state index contributed by atoms with van der Waals surface area (Å²) in [5, 5.41) is 0.436. The van der Waals surface area contributed by atoms with Crippen LogP contribution in [-0.4, -0.2) is 29.3 Å². The summed E-state index contributed by atoms with van der Waals surface area (Å²) >= 11 is 5.94. The van der Waals surface area contributed by atoms with Crippen LogP contribution in [0.2, 0.25) is 5.15 Å². The lowest BCUT2D eigenvalue weighted by molar-refractivity contribution is 0.0628. The molecular weight excluding hydrogens is 228 g/mol. The molecule has 0 spiro atoms. The Morgan fingerprint density at radius 1 is 1.31 bits per heavy atom. The molecule has 1 heterocycles. The van der Waals surface area contributed by atoms with E-state index in [-0.39, 0.29) is 6.10 Å². The van der Waals surface area contributed by atoms with Gasteiger partial charge in [0.2, 0.25) is 5.88 Å². The molecule has 0 aliphatic rings. The highest BCUT2D eigenvalue weighted by Gasteiger charge is 2.12. The SMILES string of the molecule is CCOCC(C)Oc1nc(C)nc(Cl)c1C. The first-order valence-electron chi connectivity index (χ1n) is 5.29. The van der Waals surface area contributed by atoms with Crippen LogP contribution >= 0.6 is 11.6 Å². The zero-order valence-electron chi connectivity index (χ0n) is 10.1. The van der Waals surface area contributed by atoms with E-state index < -0.39 is 0 Å². The Hall–Kier alpha value is -0.870. The van der Waals surface area contributed by atoms with Crippen molar-refractivity contribution in [2.75, 3.05) is 13.2 Å². The molecule has 90 valence electrons. The Morgan fingerprint density at radius 3 is 2.62 bits per heavy atom. The quantitative estimate of drug-likeness (QED) is 0.747. The molecule has 0 saturated heterocycles. The summed E-state index contributed by atoms with van der Waals surface area (Å²) in [5.41, 5.74) is 0.760. The van der Waals surface area contributed by atoms with Gasteiger partial charge in [-0.15, -0.1) is 0 Å². The number of aryl methyl sites for hydroxylation is 1. The topological polar surface area (TPSA) is 44.2 Å². The Kier molecular flexibility index (Phi) is 4.96. The molecule has 16 heavy (non-hydrogen) atoms. The van der Waals surface area contributed by atoms with Crippen LogP contribution in [0.4, 0.5) is 0 Å². The lowest BCUT2D eigenvalue weighted by Gasteiger charge is -2.15. The number of halogens is 1. The molecule has 5 heteroatoms. The first-order valence-corrected chi connectivity index (χ1v) is 5.67. The van der Waals surface area contributed by atoms with Crippen LogP contribution < -0.4 is 4.74 Å². The van der Waals surface area contributed by atoms with Crippen molar-refractivity contribution in [3.8, 4) is 5.88 Å².